The lowest BCUT2D eigenvalue weighted by atomic mass is 9.85. The van der Waals surface area contributed by atoms with Crippen molar-refractivity contribution in [2.24, 2.45) is 13.0 Å². The number of fused-ring (bicyclic) bond motifs is 1. The van der Waals surface area contributed by atoms with Gasteiger partial charge < -0.3 is 15.0 Å². The van der Waals surface area contributed by atoms with E-state index < -0.39 is 57.1 Å². The molecule has 2 aliphatic rings. The number of aryl methyl sites for hydroxylation is 1. The van der Waals surface area contributed by atoms with Gasteiger partial charge >= 0.3 is 5.97 Å². The van der Waals surface area contributed by atoms with E-state index in [0.29, 0.717) is 37.0 Å². The lowest BCUT2D eigenvalue weighted by Gasteiger charge is -2.45. The van der Waals surface area contributed by atoms with Gasteiger partial charge in [-0.3, -0.25) is 9.59 Å². The summed E-state index contributed by atoms with van der Waals surface area (Å²) in [6, 6.07) is 12.3. The first-order valence-corrected chi connectivity index (χ1v) is 18.4. The van der Waals surface area contributed by atoms with Crippen molar-refractivity contribution in [3.8, 4) is 0 Å². The van der Waals surface area contributed by atoms with Crippen LogP contribution in [-0.2, 0) is 41.4 Å². The van der Waals surface area contributed by atoms with E-state index in [2.05, 4.69) is 10.4 Å². The molecule has 14 nitrogen and oxygen atoms in total. The Morgan fingerprint density at radius 1 is 0.979 bits per heavy atom. The maximum Gasteiger partial charge on any atom is 0.329 e. The molecule has 0 aliphatic carbocycles. The minimum Gasteiger partial charge on any atom is -0.467 e. The molecule has 0 bridgehead atoms. The molecule has 1 N–H and O–H groups in total. The van der Waals surface area contributed by atoms with Gasteiger partial charge in [-0.15, -0.1) is 0 Å². The van der Waals surface area contributed by atoms with Crippen molar-refractivity contribution in [3.05, 3.63) is 87.9 Å². The number of halogens is 1. The highest BCUT2D eigenvalue weighted by atomic mass is 35.5. The van der Waals surface area contributed by atoms with Crippen LogP contribution in [0.2, 0.25) is 5.02 Å². The zero-order valence-corrected chi connectivity index (χ0v) is 28.4. The molecule has 48 heavy (non-hydrogen) atoms. The molecule has 4 heterocycles. The maximum atomic E-state index is 14.2. The van der Waals surface area contributed by atoms with Crippen molar-refractivity contribution >= 4 is 54.4 Å². The van der Waals surface area contributed by atoms with E-state index in [0.717, 1.165) is 20.1 Å². The summed E-state index contributed by atoms with van der Waals surface area (Å²) < 4.78 is 63.4. The standard InChI is InChI=1S/C31H33ClN6O8S2/c1-35-28(39)11-10-25(34-35)30(20-12-14-33-15-13-20)38-27(31(41)46-2)18-36(19-29(38)40)47(42,43)22-8-9-23-24(32)17-37(26(23)16-22)48(44,45)21-6-4-3-5-7-21/h3-11,16-17,20,27,30,33H,12-15,18-19H2,1-2H3. The molecule has 0 radical (unpaired) electrons. The summed E-state index contributed by atoms with van der Waals surface area (Å²) in [5.41, 5.74) is 0.0620. The van der Waals surface area contributed by atoms with Gasteiger partial charge in [0, 0.05) is 31.2 Å². The zero-order valence-electron chi connectivity index (χ0n) is 26.0. The van der Waals surface area contributed by atoms with Crippen LogP contribution in [0.25, 0.3) is 10.9 Å². The van der Waals surface area contributed by atoms with E-state index in [9.17, 15) is 31.2 Å². The van der Waals surface area contributed by atoms with Gasteiger partial charge in [-0.25, -0.2) is 30.3 Å². The summed E-state index contributed by atoms with van der Waals surface area (Å²) in [6.45, 7) is 0.278. The smallest absolute Gasteiger partial charge is 0.329 e. The van der Waals surface area contributed by atoms with Gasteiger partial charge in [0.05, 0.1) is 45.7 Å². The Morgan fingerprint density at radius 2 is 1.69 bits per heavy atom. The molecule has 6 rings (SSSR count). The molecule has 2 aliphatic heterocycles. The largest absolute Gasteiger partial charge is 0.467 e. The van der Waals surface area contributed by atoms with Crippen molar-refractivity contribution in [1.82, 2.24) is 28.3 Å². The van der Waals surface area contributed by atoms with Gasteiger partial charge in [0.2, 0.25) is 15.9 Å². The second-order valence-corrected chi connectivity index (χ2v) is 15.8. The summed E-state index contributed by atoms with van der Waals surface area (Å²) in [4.78, 5) is 40.6. The highest BCUT2D eigenvalue weighted by molar-refractivity contribution is 7.90. The quantitative estimate of drug-likeness (QED) is 0.265. The summed E-state index contributed by atoms with van der Waals surface area (Å²) in [6.07, 6.45) is 2.49. The molecule has 0 spiro atoms. The Bertz CT molecular complexity index is 2170. The minimum atomic E-state index is -4.47. The van der Waals surface area contributed by atoms with Gasteiger partial charge in [0.25, 0.3) is 15.6 Å². The fraction of sp³-hybridized carbons (Fsp3) is 0.355. The van der Waals surface area contributed by atoms with Crippen LogP contribution in [0, 0.1) is 5.92 Å². The van der Waals surface area contributed by atoms with Crippen molar-refractivity contribution in [2.45, 2.75) is 34.7 Å². The van der Waals surface area contributed by atoms with E-state index in [-0.39, 0.29) is 31.8 Å². The molecule has 2 saturated heterocycles. The fourth-order valence-electron chi connectivity index (χ4n) is 6.41. The number of hydrogen-bond acceptors (Lipinski definition) is 10. The number of hydrogen-bond donors (Lipinski definition) is 1. The highest BCUT2D eigenvalue weighted by Gasteiger charge is 2.48. The molecule has 2 unspecified atom stereocenters. The van der Waals surface area contributed by atoms with Crippen molar-refractivity contribution in [1.29, 1.82) is 0 Å². The molecule has 254 valence electrons. The van der Waals surface area contributed by atoms with Crippen LogP contribution in [0.15, 0.2) is 81.4 Å². The second-order valence-electron chi connectivity index (χ2n) is 11.7. The first kappa shape index (κ1) is 33.8. The van der Waals surface area contributed by atoms with E-state index in [1.54, 1.807) is 18.2 Å². The summed E-state index contributed by atoms with van der Waals surface area (Å²) in [5.74, 6) is -1.63. The SMILES string of the molecule is COC(=O)C1CN(S(=O)(=O)c2ccc3c(Cl)cn(S(=O)(=O)c4ccccc4)c3c2)CC(=O)N1C(c1ccc(=O)n(C)n1)C1CCNCC1. The number of nitrogens with zero attached hydrogens (tertiary/aromatic N) is 5. The van der Waals surface area contributed by atoms with Crippen LogP contribution in [0.5, 0.6) is 0 Å². The average molecular weight is 717 g/mol. The predicted molar refractivity (Wildman–Crippen MR) is 175 cm³/mol. The van der Waals surface area contributed by atoms with Gasteiger partial charge in [-0.1, -0.05) is 29.8 Å². The summed E-state index contributed by atoms with van der Waals surface area (Å²) >= 11 is 6.38. The molecule has 2 fully saturated rings. The fourth-order valence-corrected chi connectivity index (χ4v) is 9.52. The molecule has 2 aromatic heterocycles. The molecule has 17 heteroatoms. The number of sulfonamides is 1. The van der Waals surface area contributed by atoms with Crippen LogP contribution in [0.1, 0.15) is 24.6 Å². The lowest BCUT2D eigenvalue weighted by molar-refractivity contribution is -0.160. The summed E-state index contributed by atoms with van der Waals surface area (Å²) in [7, 11) is -5.99. The van der Waals surface area contributed by atoms with Crippen molar-refractivity contribution in [2.75, 3.05) is 33.3 Å². The van der Waals surface area contributed by atoms with Crippen LogP contribution >= 0.6 is 11.6 Å². The molecule has 1 amide bonds. The Hall–Kier alpha value is -4.09. The number of piperidine rings is 1. The number of rotatable bonds is 8. The molecule has 0 saturated carbocycles. The van der Waals surface area contributed by atoms with E-state index >= 15 is 0 Å². The number of amides is 1. The van der Waals surface area contributed by atoms with Crippen LogP contribution in [-0.4, -0.2) is 91.0 Å². The number of benzene rings is 2. The minimum absolute atomic E-state index is 0.0196. The number of carbonyl (C=O) groups excluding carboxylic acids is 2. The van der Waals surface area contributed by atoms with Crippen LogP contribution < -0.4 is 10.9 Å². The third-order valence-electron chi connectivity index (χ3n) is 8.83. The van der Waals surface area contributed by atoms with Gasteiger partial charge in [0.15, 0.2) is 0 Å². The number of nitrogens with one attached hydrogen (secondary N) is 1. The number of esters is 1. The van der Waals surface area contributed by atoms with Gasteiger partial charge in [-0.05, 0) is 68.2 Å². The monoisotopic (exact) mass is 716 g/mol. The third kappa shape index (κ3) is 6.02. The first-order valence-electron chi connectivity index (χ1n) is 15.1. The van der Waals surface area contributed by atoms with Crippen molar-refractivity contribution in [3.63, 3.8) is 0 Å². The first-order chi connectivity index (χ1) is 22.8. The van der Waals surface area contributed by atoms with Gasteiger partial charge in [0.1, 0.15) is 6.04 Å². The number of methoxy groups -OCH3 is 1. The summed E-state index contributed by atoms with van der Waals surface area (Å²) in [5, 5.41) is 8.09. The maximum absolute atomic E-state index is 14.2. The average Bonchev–Trinajstić information content (AvgIpc) is 3.43. The Labute approximate surface area is 281 Å². The third-order valence-corrected chi connectivity index (χ3v) is 12.6. The topological polar surface area (TPSA) is 170 Å². The molecule has 2 atom stereocenters. The van der Waals surface area contributed by atoms with E-state index in [1.807, 2.05) is 0 Å². The molecule has 4 aromatic rings. The number of piperazine rings is 1. The van der Waals surface area contributed by atoms with Crippen molar-refractivity contribution < 1.29 is 31.2 Å². The highest BCUT2D eigenvalue weighted by Crippen LogP contribution is 2.38. The lowest BCUT2D eigenvalue weighted by Crippen LogP contribution is -2.62. The Balaban J connectivity index is 1.40. The molecule has 2 aromatic carbocycles. The predicted octanol–water partition coefficient (Wildman–Crippen LogP) is 1.74. The van der Waals surface area contributed by atoms with Gasteiger partial charge in [-0.2, -0.15) is 9.40 Å². The van der Waals surface area contributed by atoms with E-state index in [4.69, 9.17) is 16.3 Å². The second kappa shape index (κ2) is 13.1. The Morgan fingerprint density at radius 3 is 2.35 bits per heavy atom. The Kier molecular flexibility index (Phi) is 9.21. The zero-order chi connectivity index (χ0) is 34.4. The van der Waals surface area contributed by atoms with Crippen LogP contribution in [0.3, 0.4) is 0 Å². The number of aromatic nitrogens is 3. The number of ether oxygens (including phenoxy) is 1. The normalized spacial score (nSPS) is 19.0. The molecular formula is C31H33ClN6O8S2. The van der Waals surface area contributed by atoms with E-state index in [1.165, 1.54) is 60.6 Å². The number of carbonyl (C=O) groups is 2. The van der Waals surface area contributed by atoms with Crippen LogP contribution in [0.4, 0.5) is 0 Å². The molecular weight excluding hydrogens is 684 g/mol.